The minimum absolute atomic E-state index is 0.0126. The highest BCUT2D eigenvalue weighted by atomic mass is 35.5. The van der Waals surface area contributed by atoms with Gasteiger partial charge in [0.1, 0.15) is 12.2 Å². The second-order valence-electron chi connectivity index (χ2n) is 4.18. The highest BCUT2D eigenvalue weighted by molar-refractivity contribution is 7.89. The number of sulfonamides is 1. The summed E-state index contributed by atoms with van der Waals surface area (Å²) >= 11 is 5.60. The van der Waals surface area contributed by atoms with Gasteiger partial charge in [-0.05, 0) is 12.8 Å². The van der Waals surface area contributed by atoms with Crippen molar-refractivity contribution < 1.29 is 8.42 Å². The van der Waals surface area contributed by atoms with Gasteiger partial charge in [0, 0.05) is 12.9 Å². The molecule has 1 N–H and O–H groups in total. The van der Waals surface area contributed by atoms with Gasteiger partial charge in [-0.25, -0.2) is 13.1 Å². The van der Waals surface area contributed by atoms with E-state index < -0.39 is 16.1 Å². The number of hydrogen-bond acceptors (Lipinski definition) is 4. The molecule has 2 unspecified atom stereocenters. The first-order valence-corrected chi connectivity index (χ1v) is 7.44. The van der Waals surface area contributed by atoms with Crippen molar-refractivity contribution in [1.82, 2.24) is 19.5 Å². The minimum atomic E-state index is -3.35. The number of nitrogens with zero attached hydrogens (tertiary/aromatic N) is 3. The monoisotopic (exact) mass is 280 g/mol. The average molecular weight is 281 g/mol. The largest absolute Gasteiger partial charge is 0.319 e. The first kappa shape index (κ1) is 14.4. The molecular weight excluding hydrogens is 264 g/mol. The van der Waals surface area contributed by atoms with Crippen LogP contribution in [0.15, 0.2) is 6.33 Å². The Morgan fingerprint density at radius 2 is 2.18 bits per heavy atom. The molecule has 0 bridgehead atoms. The van der Waals surface area contributed by atoms with Crippen LogP contribution in [0.1, 0.15) is 25.7 Å². The van der Waals surface area contributed by atoms with E-state index in [-0.39, 0.29) is 11.7 Å². The van der Waals surface area contributed by atoms with Crippen molar-refractivity contribution in [3.8, 4) is 0 Å². The van der Waals surface area contributed by atoms with E-state index in [9.17, 15) is 8.42 Å². The molecule has 0 radical (unpaired) electrons. The predicted molar refractivity (Wildman–Crippen MR) is 66.2 cm³/mol. The molecule has 1 heterocycles. The van der Waals surface area contributed by atoms with Crippen LogP contribution in [-0.2, 0) is 17.1 Å². The van der Waals surface area contributed by atoms with Gasteiger partial charge in [-0.2, -0.15) is 0 Å². The lowest BCUT2D eigenvalue weighted by atomic mass is 10.3. The Morgan fingerprint density at radius 3 is 2.65 bits per heavy atom. The molecule has 8 heteroatoms. The topological polar surface area (TPSA) is 76.9 Å². The predicted octanol–water partition coefficient (Wildman–Crippen LogP) is 0.670. The molecule has 1 rings (SSSR count). The van der Waals surface area contributed by atoms with E-state index in [1.165, 1.54) is 6.33 Å². The second kappa shape index (κ2) is 5.79. The molecular formula is C9H17ClN4O2S. The maximum Gasteiger partial charge on any atom is 0.212 e. The van der Waals surface area contributed by atoms with Crippen LogP contribution in [0.3, 0.4) is 0 Å². The summed E-state index contributed by atoms with van der Waals surface area (Å²) in [7, 11) is -1.59. The molecule has 2 atom stereocenters. The zero-order valence-electron chi connectivity index (χ0n) is 10.1. The van der Waals surface area contributed by atoms with Crippen LogP contribution in [0.5, 0.6) is 0 Å². The molecule has 0 spiro atoms. The first-order valence-electron chi connectivity index (χ1n) is 5.25. The number of aromatic nitrogens is 3. The van der Waals surface area contributed by atoms with Crippen LogP contribution >= 0.6 is 11.6 Å². The molecule has 1 aromatic heterocycles. The number of alkyl halides is 1. The number of nitrogens with one attached hydrogen (secondary N) is 1. The summed E-state index contributed by atoms with van der Waals surface area (Å²) in [6, 6.07) is -0.407. The van der Waals surface area contributed by atoms with E-state index in [0.29, 0.717) is 11.7 Å². The van der Waals surface area contributed by atoms with E-state index in [4.69, 9.17) is 11.6 Å². The van der Waals surface area contributed by atoms with Gasteiger partial charge < -0.3 is 4.57 Å². The third kappa shape index (κ3) is 4.25. The van der Waals surface area contributed by atoms with Gasteiger partial charge >= 0.3 is 0 Å². The van der Waals surface area contributed by atoms with Crippen molar-refractivity contribution in [2.75, 3.05) is 11.6 Å². The van der Waals surface area contributed by atoms with Crippen molar-refractivity contribution in [3.63, 3.8) is 0 Å². The summed E-state index contributed by atoms with van der Waals surface area (Å²) < 4.78 is 27.8. The SMILES string of the molecule is CC(CCl)CS(=O)(=O)NC(C)c1nncn1C. The molecule has 0 saturated heterocycles. The maximum absolute atomic E-state index is 11.8. The molecule has 0 aliphatic heterocycles. The Kier molecular flexibility index (Phi) is 4.91. The molecule has 17 heavy (non-hydrogen) atoms. The van der Waals surface area contributed by atoms with Crippen molar-refractivity contribution in [1.29, 1.82) is 0 Å². The van der Waals surface area contributed by atoms with Crippen LogP contribution in [-0.4, -0.2) is 34.8 Å². The summed E-state index contributed by atoms with van der Waals surface area (Å²) in [6.07, 6.45) is 1.53. The number of halogens is 1. The van der Waals surface area contributed by atoms with E-state index in [1.807, 2.05) is 0 Å². The summed E-state index contributed by atoms with van der Waals surface area (Å²) in [5, 5.41) is 7.57. The Labute approximate surface area is 106 Å². The molecule has 0 aliphatic carbocycles. The Morgan fingerprint density at radius 1 is 1.53 bits per heavy atom. The van der Waals surface area contributed by atoms with Gasteiger partial charge in [0.15, 0.2) is 0 Å². The van der Waals surface area contributed by atoms with Crippen LogP contribution in [0, 0.1) is 5.92 Å². The first-order chi connectivity index (χ1) is 7.85. The van der Waals surface area contributed by atoms with Crippen LogP contribution in [0.2, 0.25) is 0 Å². The standard InChI is InChI=1S/C9H17ClN4O2S/c1-7(4-10)5-17(15,16)13-8(2)9-12-11-6-14(9)3/h6-8,13H,4-5H2,1-3H3. The molecule has 98 valence electrons. The molecule has 0 fully saturated rings. The number of hydrogen-bond donors (Lipinski definition) is 1. The molecule has 0 saturated carbocycles. The molecule has 1 aromatic rings. The minimum Gasteiger partial charge on any atom is -0.319 e. The Bertz CT molecular complexity index is 459. The lowest BCUT2D eigenvalue weighted by Crippen LogP contribution is -2.32. The Hall–Kier alpha value is -0.660. The zero-order valence-corrected chi connectivity index (χ0v) is 11.7. The summed E-state index contributed by atoms with van der Waals surface area (Å²) in [5.74, 6) is 0.825. The smallest absolute Gasteiger partial charge is 0.212 e. The highest BCUT2D eigenvalue weighted by Gasteiger charge is 2.21. The fourth-order valence-electron chi connectivity index (χ4n) is 1.47. The van der Waals surface area contributed by atoms with Crippen molar-refractivity contribution >= 4 is 21.6 Å². The maximum atomic E-state index is 11.8. The highest BCUT2D eigenvalue weighted by Crippen LogP contribution is 2.10. The molecule has 0 aliphatic rings. The molecule has 0 amide bonds. The third-order valence-electron chi connectivity index (χ3n) is 2.26. The fourth-order valence-corrected chi connectivity index (χ4v) is 3.32. The van der Waals surface area contributed by atoms with E-state index in [2.05, 4.69) is 14.9 Å². The van der Waals surface area contributed by atoms with E-state index in [0.717, 1.165) is 0 Å². The van der Waals surface area contributed by atoms with Gasteiger partial charge in [-0.15, -0.1) is 21.8 Å². The van der Waals surface area contributed by atoms with Gasteiger partial charge in [0.2, 0.25) is 10.0 Å². The van der Waals surface area contributed by atoms with Crippen molar-refractivity contribution in [2.24, 2.45) is 13.0 Å². The zero-order chi connectivity index (χ0) is 13.1. The quantitative estimate of drug-likeness (QED) is 0.777. The normalized spacial score (nSPS) is 15.8. The van der Waals surface area contributed by atoms with Crippen LogP contribution < -0.4 is 4.72 Å². The number of rotatable bonds is 6. The Balaban J connectivity index is 2.68. The van der Waals surface area contributed by atoms with E-state index in [1.54, 1.807) is 25.5 Å². The summed E-state index contributed by atoms with van der Waals surface area (Å²) in [5.41, 5.74) is 0. The fraction of sp³-hybridized carbons (Fsp3) is 0.778. The lowest BCUT2D eigenvalue weighted by molar-refractivity contribution is 0.543. The number of aryl methyl sites for hydroxylation is 1. The lowest BCUT2D eigenvalue weighted by Gasteiger charge is -2.15. The summed E-state index contributed by atoms with van der Waals surface area (Å²) in [6.45, 7) is 3.52. The van der Waals surface area contributed by atoms with Gasteiger partial charge in [-0.1, -0.05) is 6.92 Å². The third-order valence-corrected chi connectivity index (χ3v) is 4.50. The van der Waals surface area contributed by atoms with E-state index >= 15 is 0 Å². The van der Waals surface area contributed by atoms with Crippen LogP contribution in [0.25, 0.3) is 0 Å². The average Bonchev–Trinajstić information content (AvgIpc) is 2.62. The van der Waals surface area contributed by atoms with Crippen LogP contribution in [0.4, 0.5) is 0 Å². The van der Waals surface area contributed by atoms with Gasteiger partial charge in [-0.3, -0.25) is 0 Å². The van der Waals surface area contributed by atoms with Gasteiger partial charge in [0.05, 0.1) is 11.8 Å². The second-order valence-corrected chi connectivity index (χ2v) is 6.29. The summed E-state index contributed by atoms with van der Waals surface area (Å²) in [4.78, 5) is 0. The van der Waals surface area contributed by atoms with Gasteiger partial charge in [0.25, 0.3) is 0 Å². The molecule has 6 nitrogen and oxygen atoms in total. The molecule has 0 aromatic carbocycles. The van der Waals surface area contributed by atoms with Crippen molar-refractivity contribution in [3.05, 3.63) is 12.2 Å². The van der Waals surface area contributed by atoms with Crippen molar-refractivity contribution in [2.45, 2.75) is 19.9 Å².